The fourth-order valence-electron chi connectivity index (χ4n) is 2.14. The van der Waals surface area contributed by atoms with Crippen LogP contribution in [0.4, 0.5) is 5.69 Å². The highest BCUT2D eigenvalue weighted by molar-refractivity contribution is 6.35. The maximum atomic E-state index is 6.22. The largest absolute Gasteiger partial charge is 0.381 e. The number of nitrogens with one attached hydrogen (secondary N) is 2. The van der Waals surface area contributed by atoms with Gasteiger partial charge in [-0.2, -0.15) is 0 Å². The number of rotatable bonds is 2. The van der Waals surface area contributed by atoms with Crippen molar-refractivity contribution >= 4 is 28.9 Å². The summed E-state index contributed by atoms with van der Waals surface area (Å²) in [5.41, 5.74) is 1.97. The molecule has 94 valence electrons. The second-order valence-electron chi connectivity index (χ2n) is 4.60. The minimum Gasteiger partial charge on any atom is -0.381 e. The lowest BCUT2D eigenvalue weighted by Crippen LogP contribution is -2.21. The van der Waals surface area contributed by atoms with Crippen LogP contribution in [-0.2, 0) is 0 Å². The predicted molar refractivity (Wildman–Crippen MR) is 75.3 cm³/mol. The van der Waals surface area contributed by atoms with Crippen LogP contribution in [0.1, 0.15) is 24.8 Å². The molecule has 1 aromatic carbocycles. The minimum atomic E-state index is 0.487. The Morgan fingerprint density at radius 1 is 1.18 bits per heavy atom. The molecule has 1 unspecified atom stereocenters. The minimum absolute atomic E-state index is 0.487. The van der Waals surface area contributed by atoms with E-state index in [1.165, 1.54) is 12.8 Å². The molecular weight excluding hydrogens is 255 g/mol. The normalized spacial score (nSPS) is 21.0. The zero-order valence-electron chi connectivity index (χ0n) is 10.0. The molecule has 1 heterocycles. The molecule has 17 heavy (non-hydrogen) atoms. The Morgan fingerprint density at radius 3 is 2.82 bits per heavy atom. The van der Waals surface area contributed by atoms with Gasteiger partial charge in [0.2, 0.25) is 0 Å². The molecule has 1 aromatic rings. The Balaban J connectivity index is 2.09. The van der Waals surface area contributed by atoms with Crippen LogP contribution in [0.5, 0.6) is 0 Å². The second-order valence-corrected chi connectivity index (χ2v) is 5.42. The Hall–Kier alpha value is -0.440. The van der Waals surface area contributed by atoms with E-state index in [1.54, 1.807) is 0 Å². The first kappa shape index (κ1) is 13.0. The molecule has 4 heteroatoms. The monoisotopic (exact) mass is 272 g/mol. The third-order valence-corrected chi connectivity index (χ3v) is 3.90. The molecule has 0 radical (unpaired) electrons. The van der Waals surface area contributed by atoms with Gasteiger partial charge in [-0.05, 0) is 57.0 Å². The number of aryl methyl sites for hydroxylation is 1. The van der Waals surface area contributed by atoms with Crippen LogP contribution < -0.4 is 10.6 Å². The van der Waals surface area contributed by atoms with E-state index >= 15 is 0 Å². The van der Waals surface area contributed by atoms with Gasteiger partial charge in [-0.15, -0.1) is 0 Å². The zero-order chi connectivity index (χ0) is 12.3. The van der Waals surface area contributed by atoms with Crippen molar-refractivity contribution in [2.75, 3.05) is 18.4 Å². The highest BCUT2D eigenvalue weighted by Gasteiger charge is 2.13. The molecule has 1 fully saturated rings. The molecule has 2 N–H and O–H groups in total. The lowest BCUT2D eigenvalue weighted by Gasteiger charge is -2.19. The summed E-state index contributed by atoms with van der Waals surface area (Å²) >= 11 is 12.3. The van der Waals surface area contributed by atoms with Crippen molar-refractivity contribution in [1.82, 2.24) is 5.32 Å². The molecule has 1 atom stereocenters. The topological polar surface area (TPSA) is 24.1 Å². The van der Waals surface area contributed by atoms with E-state index in [9.17, 15) is 0 Å². The van der Waals surface area contributed by atoms with Gasteiger partial charge in [0, 0.05) is 11.1 Å². The molecule has 1 aliphatic rings. The number of halogens is 2. The lowest BCUT2D eigenvalue weighted by molar-refractivity contribution is 0.637. The van der Waals surface area contributed by atoms with Crippen molar-refractivity contribution in [2.24, 2.45) is 0 Å². The third kappa shape index (κ3) is 3.51. The first-order chi connectivity index (χ1) is 8.16. The predicted octanol–water partition coefficient (Wildman–Crippen LogP) is 3.86. The first-order valence-corrected chi connectivity index (χ1v) is 6.85. The van der Waals surface area contributed by atoms with Gasteiger partial charge in [0.25, 0.3) is 0 Å². The van der Waals surface area contributed by atoms with E-state index in [2.05, 4.69) is 10.6 Å². The Labute approximate surface area is 113 Å². The van der Waals surface area contributed by atoms with Gasteiger partial charge in [0.15, 0.2) is 0 Å². The highest BCUT2D eigenvalue weighted by atomic mass is 35.5. The van der Waals surface area contributed by atoms with Crippen molar-refractivity contribution in [3.63, 3.8) is 0 Å². The third-order valence-electron chi connectivity index (χ3n) is 3.18. The van der Waals surface area contributed by atoms with Crippen LogP contribution in [0.15, 0.2) is 12.1 Å². The maximum Gasteiger partial charge on any atom is 0.0641 e. The van der Waals surface area contributed by atoms with E-state index in [1.807, 2.05) is 19.1 Å². The maximum absolute atomic E-state index is 6.22. The Kier molecular flexibility index (Phi) is 4.55. The average Bonchev–Trinajstić information content (AvgIpc) is 2.54. The molecule has 0 bridgehead atoms. The summed E-state index contributed by atoms with van der Waals surface area (Å²) in [6, 6.07) is 4.33. The van der Waals surface area contributed by atoms with E-state index in [0.29, 0.717) is 6.04 Å². The summed E-state index contributed by atoms with van der Waals surface area (Å²) in [6.45, 7) is 4.14. The first-order valence-electron chi connectivity index (χ1n) is 6.09. The summed E-state index contributed by atoms with van der Waals surface area (Å²) in [6.07, 6.45) is 3.51. The summed E-state index contributed by atoms with van der Waals surface area (Å²) < 4.78 is 0. The molecule has 1 aliphatic heterocycles. The smallest absolute Gasteiger partial charge is 0.0641 e. The van der Waals surface area contributed by atoms with Crippen molar-refractivity contribution in [1.29, 1.82) is 0 Å². The second kappa shape index (κ2) is 5.94. The molecule has 0 amide bonds. The van der Waals surface area contributed by atoms with E-state index in [-0.39, 0.29) is 0 Å². The fraction of sp³-hybridized carbons (Fsp3) is 0.538. The zero-order valence-corrected chi connectivity index (χ0v) is 11.5. The fourth-order valence-corrected chi connectivity index (χ4v) is 2.58. The van der Waals surface area contributed by atoms with Gasteiger partial charge in [-0.3, -0.25) is 0 Å². The van der Waals surface area contributed by atoms with Gasteiger partial charge in [-0.1, -0.05) is 23.2 Å². The van der Waals surface area contributed by atoms with Gasteiger partial charge in [-0.25, -0.2) is 0 Å². The number of hydrogen-bond acceptors (Lipinski definition) is 2. The van der Waals surface area contributed by atoms with Crippen LogP contribution >= 0.6 is 23.2 Å². The van der Waals surface area contributed by atoms with Crippen LogP contribution in [0, 0.1) is 6.92 Å². The summed E-state index contributed by atoms with van der Waals surface area (Å²) in [4.78, 5) is 0. The average molecular weight is 273 g/mol. The quantitative estimate of drug-likeness (QED) is 0.855. The van der Waals surface area contributed by atoms with Crippen molar-refractivity contribution < 1.29 is 0 Å². The van der Waals surface area contributed by atoms with Gasteiger partial charge < -0.3 is 10.6 Å². The molecule has 2 nitrogen and oxygen atoms in total. The molecule has 0 aliphatic carbocycles. The number of benzene rings is 1. The Morgan fingerprint density at radius 2 is 2.00 bits per heavy atom. The SMILES string of the molecule is Cc1cc(Cl)c(NC2CCCNCC2)cc1Cl. The molecule has 1 saturated heterocycles. The molecule has 2 rings (SSSR count). The van der Waals surface area contributed by atoms with Gasteiger partial charge in [0.05, 0.1) is 10.7 Å². The summed E-state index contributed by atoms with van der Waals surface area (Å²) in [5, 5.41) is 8.42. The van der Waals surface area contributed by atoms with Crippen molar-refractivity contribution in [2.45, 2.75) is 32.2 Å². The number of anilines is 1. The molecular formula is C13H18Cl2N2. The highest BCUT2D eigenvalue weighted by Crippen LogP contribution is 2.30. The standard InChI is InChI=1S/C13H18Cl2N2/c1-9-7-12(15)13(8-11(9)14)17-10-3-2-5-16-6-4-10/h7-8,10,16-17H,2-6H2,1H3. The van der Waals surface area contributed by atoms with E-state index < -0.39 is 0 Å². The molecule has 0 saturated carbocycles. The van der Waals surface area contributed by atoms with Crippen molar-refractivity contribution in [3.05, 3.63) is 27.7 Å². The van der Waals surface area contributed by atoms with Gasteiger partial charge in [0.1, 0.15) is 0 Å². The summed E-state index contributed by atoms with van der Waals surface area (Å²) in [5.74, 6) is 0. The van der Waals surface area contributed by atoms with Crippen LogP contribution in [-0.4, -0.2) is 19.1 Å². The molecule has 0 aromatic heterocycles. The van der Waals surface area contributed by atoms with Crippen LogP contribution in [0.3, 0.4) is 0 Å². The van der Waals surface area contributed by atoms with Gasteiger partial charge >= 0.3 is 0 Å². The van der Waals surface area contributed by atoms with Crippen LogP contribution in [0.25, 0.3) is 0 Å². The van der Waals surface area contributed by atoms with Crippen molar-refractivity contribution in [3.8, 4) is 0 Å². The van der Waals surface area contributed by atoms with E-state index in [0.717, 1.165) is 40.8 Å². The molecule has 0 spiro atoms. The van der Waals surface area contributed by atoms with Crippen LogP contribution in [0.2, 0.25) is 10.0 Å². The van der Waals surface area contributed by atoms with E-state index in [4.69, 9.17) is 23.2 Å². The Bertz CT molecular complexity index is 385. The number of hydrogen-bond donors (Lipinski definition) is 2. The summed E-state index contributed by atoms with van der Waals surface area (Å²) in [7, 11) is 0. The lowest BCUT2D eigenvalue weighted by atomic mass is 10.1.